The maximum Gasteiger partial charge on any atom is 0.343 e. The molecule has 2 aromatic carbocycles. The van der Waals surface area contributed by atoms with Crippen molar-refractivity contribution in [2.75, 3.05) is 13.1 Å². The summed E-state index contributed by atoms with van der Waals surface area (Å²) in [5, 5.41) is 31.3. The van der Waals surface area contributed by atoms with Crippen LogP contribution >= 0.6 is 11.6 Å². The number of hydrogen-bond acceptors (Lipinski definition) is 6. The molecule has 0 unspecified atom stereocenters. The van der Waals surface area contributed by atoms with Gasteiger partial charge in [-0.1, -0.05) is 29.8 Å². The van der Waals surface area contributed by atoms with Crippen LogP contribution in [0.25, 0.3) is 12.2 Å². The van der Waals surface area contributed by atoms with Gasteiger partial charge in [0.05, 0.1) is 0 Å². The summed E-state index contributed by atoms with van der Waals surface area (Å²) in [5.41, 5.74) is 3.13. The molecule has 1 aliphatic heterocycles. The second-order valence-corrected chi connectivity index (χ2v) is 7.42. The summed E-state index contributed by atoms with van der Waals surface area (Å²) in [6.45, 7) is 1.67. The Morgan fingerprint density at radius 1 is 1.10 bits per heavy atom. The van der Waals surface area contributed by atoms with Crippen molar-refractivity contribution >= 4 is 35.7 Å². The molecule has 7 nitrogen and oxygen atoms in total. The first-order valence-corrected chi connectivity index (χ1v) is 9.95. The van der Waals surface area contributed by atoms with E-state index in [-0.39, 0.29) is 11.3 Å². The zero-order chi connectivity index (χ0) is 22.5. The number of aliphatic carboxylic acids is 1. The van der Waals surface area contributed by atoms with Crippen molar-refractivity contribution in [2.45, 2.75) is 25.0 Å². The van der Waals surface area contributed by atoms with Crippen LogP contribution < -0.4 is 10.1 Å². The third kappa shape index (κ3) is 5.48. The number of hydrogen-bond donors (Lipinski definition) is 4. The van der Waals surface area contributed by atoms with E-state index in [0.29, 0.717) is 5.02 Å². The normalized spacial score (nSPS) is 15.7. The quantitative estimate of drug-likeness (QED) is 0.303. The van der Waals surface area contributed by atoms with Crippen molar-refractivity contribution in [3.63, 3.8) is 0 Å². The molecule has 2 aromatic rings. The van der Waals surface area contributed by atoms with Crippen LogP contribution in [0.15, 0.2) is 30.3 Å². The van der Waals surface area contributed by atoms with Crippen LogP contribution in [0.4, 0.5) is 4.39 Å². The molecule has 164 valence electrons. The van der Waals surface area contributed by atoms with Crippen LogP contribution in [0, 0.1) is 5.82 Å². The SMILES string of the molecule is O=C(O)[C@H](O)[C@@H](O)C(=O)Oc1ccc(F)c(/C=C\c2c(Cl)ccc3c2CCNCC3)c1. The number of halogens is 2. The Labute approximate surface area is 182 Å². The van der Waals surface area contributed by atoms with E-state index in [9.17, 15) is 24.2 Å². The van der Waals surface area contributed by atoms with Crippen molar-refractivity contribution in [1.82, 2.24) is 5.32 Å². The highest BCUT2D eigenvalue weighted by molar-refractivity contribution is 6.32. The minimum absolute atomic E-state index is 0.0963. The van der Waals surface area contributed by atoms with E-state index in [1.165, 1.54) is 17.7 Å². The number of aliphatic hydroxyl groups is 2. The Morgan fingerprint density at radius 2 is 1.84 bits per heavy atom. The fraction of sp³-hybridized carbons (Fsp3) is 0.273. The fourth-order valence-electron chi connectivity index (χ4n) is 3.28. The Hall–Kier alpha value is -2.78. The third-order valence-electron chi connectivity index (χ3n) is 4.93. The van der Waals surface area contributed by atoms with Gasteiger partial charge in [0.1, 0.15) is 11.6 Å². The van der Waals surface area contributed by atoms with Crippen molar-refractivity contribution in [3.05, 3.63) is 63.4 Å². The zero-order valence-corrected chi connectivity index (χ0v) is 17.1. The van der Waals surface area contributed by atoms with Gasteiger partial charge in [0.25, 0.3) is 0 Å². The van der Waals surface area contributed by atoms with Crippen LogP contribution in [-0.4, -0.2) is 52.6 Å². The minimum atomic E-state index is -2.34. The van der Waals surface area contributed by atoms with Gasteiger partial charge in [-0.05, 0) is 66.9 Å². The topological polar surface area (TPSA) is 116 Å². The average molecular weight is 450 g/mol. The van der Waals surface area contributed by atoms with E-state index in [1.807, 2.05) is 6.07 Å². The van der Waals surface area contributed by atoms with E-state index in [0.717, 1.165) is 49.2 Å². The Morgan fingerprint density at radius 3 is 2.58 bits per heavy atom. The second kappa shape index (κ2) is 10.0. The van der Waals surface area contributed by atoms with E-state index in [4.69, 9.17) is 21.4 Å². The molecular weight excluding hydrogens is 429 g/mol. The summed E-state index contributed by atoms with van der Waals surface area (Å²) >= 11 is 6.38. The summed E-state index contributed by atoms with van der Waals surface area (Å²) in [5.74, 6) is -3.85. The molecule has 0 amide bonds. The maximum absolute atomic E-state index is 14.3. The first-order valence-electron chi connectivity index (χ1n) is 9.57. The zero-order valence-electron chi connectivity index (χ0n) is 16.3. The predicted octanol–water partition coefficient (Wildman–Crippen LogP) is 2.05. The van der Waals surface area contributed by atoms with E-state index < -0.39 is 30.0 Å². The monoisotopic (exact) mass is 449 g/mol. The summed E-state index contributed by atoms with van der Waals surface area (Å²) in [7, 11) is 0. The number of carboxylic acids is 1. The molecule has 31 heavy (non-hydrogen) atoms. The number of aliphatic hydroxyl groups excluding tert-OH is 2. The number of nitrogens with one attached hydrogen (secondary N) is 1. The molecule has 9 heteroatoms. The first kappa shape index (κ1) is 22.9. The molecule has 0 saturated carbocycles. The summed E-state index contributed by atoms with van der Waals surface area (Å²) in [6.07, 6.45) is 0.206. The lowest BCUT2D eigenvalue weighted by molar-refractivity contribution is -0.164. The number of carbonyl (C=O) groups is 2. The van der Waals surface area contributed by atoms with Crippen molar-refractivity contribution in [2.24, 2.45) is 0 Å². The molecule has 0 saturated heterocycles. The number of carbonyl (C=O) groups excluding carboxylic acids is 1. The lowest BCUT2D eigenvalue weighted by Crippen LogP contribution is -2.41. The Balaban J connectivity index is 1.84. The summed E-state index contributed by atoms with van der Waals surface area (Å²) < 4.78 is 19.2. The largest absolute Gasteiger partial charge is 0.479 e. The Bertz CT molecular complexity index is 1030. The van der Waals surface area contributed by atoms with Crippen LogP contribution in [0.2, 0.25) is 5.02 Å². The van der Waals surface area contributed by atoms with Crippen molar-refractivity contribution in [3.8, 4) is 5.75 Å². The predicted molar refractivity (Wildman–Crippen MR) is 112 cm³/mol. The number of fused-ring (bicyclic) bond motifs is 1. The number of benzene rings is 2. The fourth-order valence-corrected chi connectivity index (χ4v) is 3.52. The van der Waals surface area contributed by atoms with Gasteiger partial charge >= 0.3 is 11.9 Å². The van der Waals surface area contributed by atoms with Gasteiger partial charge in [0.2, 0.25) is 0 Å². The van der Waals surface area contributed by atoms with Gasteiger partial charge < -0.3 is 25.4 Å². The maximum atomic E-state index is 14.3. The molecule has 1 aliphatic rings. The van der Waals surface area contributed by atoms with Crippen molar-refractivity contribution < 1.29 is 34.0 Å². The second-order valence-electron chi connectivity index (χ2n) is 7.01. The summed E-state index contributed by atoms with van der Waals surface area (Å²) in [4.78, 5) is 22.5. The lowest BCUT2D eigenvalue weighted by Gasteiger charge is -2.13. The third-order valence-corrected chi connectivity index (χ3v) is 5.26. The van der Waals surface area contributed by atoms with Gasteiger partial charge in [-0.25, -0.2) is 14.0 Å². The van der Waals surface area contributed by atoms with Gasteiger partial charge in [-0.2, -0.15) is 0 Å². The smallest absolute Gasteiger partial charge is 0.343 e. The van der Waals surface area contributed by atoms with Crippen LogP contribution in [0.3, 0.4) is 0 Å². The highest BCUT2D eigenvalue weighted by Crippen LogP contribution is 2.28. The van der Waals surface area contributed by atoms with Gasteiger partial charge in [0.15, 0.2) is 12.2 Å². The standard InChI is InChI=1S/C22H21ClFNO6/c23-17-5-2-12-7-9-25-10-8-15(12)16(17)4-1-13-11-14(3-6-18(13)24)31-22(30)20(27)19(26)21(28)29/h1-6,11,19-20,25-27H,7-10H2,(H,28,29)/b4-1-/t19-,20-/m1/s1. The highest BCUT2D eigenvalue weighted by Gasteiger charge is 2.31. The number of esters is 1. The lowest BCUT2D eigenvalue weighted by atomic mass is 9.96. The van der Waals surface area contributed by atoms with Crippen LogP contribution in [-0.2, 0) is 22.4 Å². The molecule has 0 aromatic heterocycles. The number of ether oxygens (including phenoxy) is 1. The van der Waals surface area contributed by atoms with Crippen molar-refractivity contribution in [1.29, 1.82) is 0 Å². The average Bonchev–Trinajstić information content (AvgIpc) is 2.99. The van der Waals surface area contributed by atoms with Gasteiger partial charge in [-0.15, -0.1) is 0 Å². The molecule has 0 radical (unpaired) electrons. The van der Waals surface area contributed by atoms with E-state index in [1.54, 1.807) is 12.1 Å². The minimum Gasteiger partial charge on any atom is -0.479 e. The van der Waals surface area contributed by atoms with Gasteiger partial charge in [0, 0.05) is 10.6 Å². The molecule has 3 rings (SSSR count). The Kier molecular flexibility index (Phi) is 7.40. The molecule has 0 fully saturated rings. The van der Waals surface area contributed by atoms with Crippen LogP contribution in [0.5, 0.6) is 5.75 Å². The summed E-state index contributed by atoms with van der Waals surface area (Å²) in [6, 6.07) is 7.23. The number of rotatable bonds is 6. The van der Waals surface area contributed by atoms with Gasteiger partial charge in [-0.3, -0.25) is 0 Å². The highest BCUT2D eigenvalue weighted by atomic mass is 35.5. The molecule has 4 N–H and O–H groups in total. The molecule has 2 atom stereocenters. The molecule has 0 aliphatic carbocycles. The molecule has 0 bridgehead atoms. The molecule has 1 heterocycles. The van der Waals surface area contributed by atoms with E-state index >= 15 is 0 Å². The first-order chi connectivity index (χ1) is 14.8. The van der Waals surface area contributed by atoms with E-state index in [2.05, 4.69) is 5.32 Å². The molecular formula is C22H21ClFNO6. The molecule has 0 spiro atoms. The number of carboxylic acid groups (broad SMARTS) is 1. The van der Waals surface area contributed by atoms with Crippen LogP contribution in [0.1, 0.15) is 22.3 Å².